The Morgan fingerprint density at radius 3 is 2.74 bits per heavy atom. The average molecular weight is 324 g/mol. The van der Waals surface area contributed by atoms with Crippen molar-refractivity contribution in [2.24, 2.45) is 0 Å². The highest BCUT2D eigenvalue weighted by atomic mass is 19.4. The zero-order valence-electron chi connectivity index (χ0n) is 12.4. The van der Waals surface area contributed by atoms with Crippen molar-refractivity contribution in [3.05, 3.63) is 28.8 Å². The van der Waals surface area contributed by atoms with Gasteiger partial charge in [-0.15, -0.1) is 0 Å². The van der Waals surface area contributed by atoms with E-state index in [0.717, 1.165) is 6.07 Å². The van der Waals surface area contributed by atoms with Crippen LogP contribution in [0.5, 0.6) is 0 Å². The number of alkyl halides is 3. The number of carbonyl (C=O) groups excluding carboxylic acids is 1. The second kappa shape index (κ2) is 5.42. The first-order chi connectivity index (χ1) is 10.8. The monoisotopic (exact) mass is 324 g/mol. The van der Waals surface area contributed by atoms with Crippen LogP contribution in [0.25, 0.3) is 0 Å². The number of halogens is 3. The molecule has 0 aliphatic carbocycles. The summed E-state index contributed by atoms with van der Waals surface area (Å²) in [6.45, 7) is 3.50. The predicted molar refractivity (Wildman–Crippen MR) is 77.0 cm³/mol. The molecule has 0 unspecified atom stereocenters. The van der Waals surface area contributed by atoms with Gasteiger partial charge in [-0.05, 0) is 24.6 Å². The number of rotatable bonds is 1. The van der Waals surface area contributed by atoms with Gasteiger partial charge in [-0.3, -0.25) is 4.90 Å². The number of nitrogens with zero attached hydrogens (tertiary/aromatic N) is 3. The fourth-order valence-electron chi connectivity index (χ4n) is 3.27. The van der Waals surface area contributed by atoms with E-state index < -0.39 is 17.3 Å². The summed E-state index contributed by atoms with van der Waals surface area (Å²) in [4.78, 5) is 15.5. The van der Waals surface area contributed by atoms with Crippen LogP contribution >= 0.6 is 0 Å². The Bertz CT molecular complexity index is 695. The van der Waals surface area contributed by atoms with Crippen molar-refractivity contribution >= 4 is 11.7 Å². The van der Waals surface area contributed by atoms with Gasteiger partial charge in [0.2, 0.25) is 0 Å². The smallest absolute Gasteiger partial charge is 0.317 e. The molecule has 2 heterocycles. The number of nitriles is 1. The van der Waals surface area contributed by atoms with Gasteiger partial charge in [0.05, 0.1) is 23.2 Å². The van der Waals surface area contributed by atoms with Crippen molar-refractivity contribution in [1.29, 1.82) is 5.26 Å². The maximum absolute atomic E-state index is 13.3. The molecule has 1 atom stereocenters. The lowest BCUT2D eigenvalue weighted by Crippen LogP contribution is -2.49. The first kappa shape index (κ1) is 15.6. The van der Waals surface area contributed by atoms with Crippen LogP contribution in [0.1, 0.15) is 16.7 Å². The van der Waals surface area contributed by atoms with Gasteiger partial charge in [-0.25, -0.2) is 4.79 Å². The van der Waals surface area contributed by atoms with E-state index in [0.29, 0.717) is 26.2 Å². The van der Waals surface area contributed by atoms with Crippen LogP contribution in [-0.4, -0.2) is 43.2 Å². The molecule has 0 saturated carbocycles. The molecule has 0 radical (unpaired) electrons. The Labute approximate surface area is 131 Å². The molecule has 1 aromatic carbocycles. The molecule has 8 heteroatoms. The van der Waals surface area contributed by atoms with E-state index in [1.165, 1.54) is 17.9 Å². The normalized spacial score (nSPS) is 21.3. The summed E-state index contributed by atoms with van der Waals surface area (Å²) in [5, 5.41) is 12.1. The topological polar surface area (TPSA) is 59.4 Å². The summed E-state index contributed by atoms with van der Waals surface area (Å²) >= 11 is 0. The molecule has 23 heavy (non-hydrogen) atoms. The number of hydrogen-bond acceptors (Lipinski definition) is 3. The first-order valence-electron chi connectivity index (χ1n) is 7.24. The number of fused-ring (bicyclic) bond motifs is 1. The first-order valence-corrected chi connectivity index (χ1v) is 7.24. The number of piperazine rings is 1. The predicted octanol–water partition coefficient (Wildman–Crippen LogP) is 2.10. The third kappa shape index (κ3) is 2.51. The van der Waals surface area contributed by atoms with Gasteiger partial charge in [0, 0.05) is 31.9 Å². The van der Waals surface area contributed by atoms with E-state index in [9.17, 15) is 18.0 Å². The zero-order valence-corrected chi connectivity index (χ0v) is 12.4. The van der Waals surface area contributed by atoms with Crippen LogP contribution in [-0.2, 0) is 6.18 Å². The van der Waals surface area contributed by atoms with Crippen LogP contribution in [0.2, 0.25) is 0 Å². The van der Waals surface area contributed by atoms with Gasteiger partial charge in [0.25, 0.3) is 0 Å². The van der Waals surface area contributed by atoms with E-state index in [1.54, 1.807) is 11.0 Å². The number of anilines is 1. The van der Waals surface area contributed by atoms with E-state index in [2.05, 4.69) is 5.32 Å². The lowest BCUT2D eigenvalue weighted by Gasteiger charge is -2.28. The third-order valence-electron chi connectivity index (χ3n) is 4.35. The average Bonchev–Trinajstić information content (AvgIpc) is 2.83. The molecule has 2 saturated heterocycles. The fraction of sp³-hybridized carbons (Fsp3) is 0.467. The van der Waals surface area contributed by atoms with Gasteiger partial charge in [-0.2, -0.15) is 18.4 Å². The molecule has 3 rings (SSSR count). The molecule has 2 aliphatic rings. The van der Waals surface area contributed by atoms with Crippen LogP contribution in [0.15, 0.2) is 12.1 Å². The molecule has 2 aliphatic heterocycles. The van der Waals surface area contributed by atoms with Gasteiger partial charge in [-0.1, -0.05) is 0 Å². The van der Waals surface area contributed by atoms with Crippen molar-refractivity contribution in [3.8, 4) is 6.07 Å². The standard InChI is InChI=1S/C15H15F3N4O/c1-9-12(3-2-10(6-19)13(9)15(16,17)18)22-8-11-7-20-4-5-21(11)14(22)23/h2-3,11,20H,4-5,7-8H2,1H3/t11-/m0/s1. The van der Waals surface area contributed by atoms with Crippen LogP contribution < -0.4 is 10.2 Å². The van der Waals surface area contributed by atoms with Crippen LogP contribution in [0.3, 0.4) is 0 Å². The minimum Gasteiger partial charge on any atom is -0.317 e. The molecule has 0 spiro atoms. The van der Waals surface area contributed by atoms with Gasteiger partial charge in [0.1, 0.15) is 0 Å². The van der Waals surface area contributed by atoms with E-state index in [-0.39, 0.29) is 23.3 Å². The van der Waals surface area contributed by atoms with Crippen molar-refractivity contribution < 1.29 is 18.0 Å². The number of urea groups is 1. The minimum atomic E-state index is -4.64. The minimum absolute atomic E-state index is 0.0411. The largest absolute Gasteiger partial charge is 0.418 e. The van der Waals surface area contributed by atoms with Crippen LogP contribution in [0.4, 0.5) is 23.7 Å². The molecule has 0 bridgehead atoms. The van der Waals surface area contributed by atoms with Crippen molar-refractivity contribution in [2.45, 2.75) is 19.1 Å². The van der Waals surface area contributed by atoms with Crippen molar-refractivity contribution in [3.63, 3.8) is 0 Å². The molecular weight excluding hydrogens is 309 g/mol. The maximum Gasteiger partial charge on any atom is 0.418 e. The molecule has 5 nitrogen and oxygen atoms in total. The summed E-state index contributed by atoms with van der Waals surface area (Å²) < 4.78 is 39.8. The molecule has 2 fully saturated rings. The Kier molecular flexibility index (Phi) is 3.68. The molecule has 1 aromatic rings. The SMILES string of the molecule is Cc1c(N2C[C@@H]3CNCCN3C2=O)ccc(C#N)c1C(F)(F)F. The fourth-order valence-corrected chi connectivity index (χ4v) is 3.27. The number of nitrogens with one attached hydrogen (secondary N) is 1. The Balaban J connectivity index is 2.05. The summed E-state index contributed by atoms with van der Waals surface area (Å²) in [6.07, 6.45) is -4.64. The zero-order chi connectivity index (χ0) is 16.8. The number of carbonyl (C=O) groups is 1. The summed E-state index contributed by atoms with van der Waals surface area (Å²) in [5.74, 6) is 0. The Morgan fingerprint density at radius 2 is 2.13 bits per heavy atom. The summed E-state index contributed by atoms with van der Waals surface area (Å²) in [6, 6.07) is 3.81. The Hall–Kier alpha value is -2.27. The maximum atomic E-state index is 13.3. The second-order valence-electron chi connectivity index (χ2n) is 5.69. The van der Waals surface area contributed by atoms with Gasteiger partial charge < -0.3 is 10.2 Å². The molecule has 0 aromatic heterocycles. The lowest BCUT2D eigenvalue weighted by atomic mass is 9.99. The number of hydrogen-bond donors (Lipinski definition) is 1. The quantitative estimate of drug-likeness (QED) is 0.861. The van der Waals surface area contributed by atoms with Gasteiger partial charge in [0.15, 0.2) is 0 Å². The lowest BCUT2D eigenvalue weighted by molar-refractivity contribution is -0.138. The highest BCUT2D eigenvalue weighted by molar-refractivity contribution is 5.96. The van der Waals surface area contributed by atoms with Crippen molar-refractivity contribution in [1.82, 2.24) is 10.2 Å². The van der Waals surface area contributed by atoms with Crippen LogP contribution in [0, 0.1) is 18.3 Å². The summed E-state index contributed by atoms with van der Waals surface area (Å²) in [7, 11) is 0. The Morgan fingerprint density at radius 1 is 1.39 bits per heavy atom. The molecule has 2 amide bonds. The highest BCUT2D eigenvalue weighted by Gasteiger charge is 2.42. The van der Waals surface area contributed by atoms with Gasteiger partial charge >= 0.3 is 12.2 Å². The summed E-state index contributed by atoms with van der Waals surface area (Å²) in [5.41, 5.74) is -1.26. The van der Waals surface area contributed by atoms with E-state index in [1.807, 2.05) is 0 Å². The number of benzene rings is 1. The third-order valence-corrected chi connectivity index (χ3v) is 4.35. The van der Waals surface area contributed by atoms with E-state index in [4.69, 9.17) is 5.26 Å². The van der Waals surface area contributed by atoms with Crippen molar-refractivity contribution in [2.75, 3.05) is 31.1 Å². The molecular formula is C15H15F3N4O. The highest BCUT2D eigenvalue weighted by Crippen LogP contribution is 2.39. The number of amides is 2. The van der Waals surface area contributed by atoms with E-state index >= 15 is 0 Å². The molecule has 122 valence electrons. The molecule has 1 N–H and O–H groups in total. The second-order valence-corrected chi connectivity index (χ2v) is 5.69.